The summed E-state index contributed by atoms with van der Waals surface area (Å²) in [6.45, 7) is 0. The highest BCUT2D eigenvalue weighted by Crippen LogP contribution is 2.28. The highest BCUT2D eigenvalue weighted by molar-refractivity contribution is 9.09. The lowest BCUT2D eigenvalue weighted by Crippen LogP contribution is -2.22. The molecule has 0 aliphatic heterocycles. The number of alkyl halides is 1. The van der Waals surface area contributed by atoms with Crippen LogP contribution < -0.4 is 10.1 Å². The molecule has 1 rings (SSSR count). The number of amides is 1. The molecule has 1 aromatic rings. The third-order valence-corrected chi connectivity index (χ3v) is 4.75. The summed E-state index contributed by atoms with van der Waals surface area (Å²) in [6.07, 6.45) is 0.286. The normalized spacial score (nSPS) is 11.4. The Hall–Kier alpha value is -1.12. The highest BCUT2D eigenvalue weighted by Gasteiger charge is 2.19. The van der Waals surface area contributed by atoms with Crippen molar-refractivity contribution >= 4 is 37.5 Å². The topological polar surface area (TPSA) is 75.7 Å². The zero-order valence-corrected chi connectivity index (χ0v) is 13.9. The second-order valence-corrected chi connectivity index (χ2v) is 7.08. The fraction of sp³-hybridized carbons (Fsp3) is 0.417. The Morgan fingerprint density at radius 1 is 1.40 bits per heavy atom. The average Bonchev–Trinajstić information content (AvgIpc) is 2.38. The maximum absolute atomic E-state index is 12.1. The van der Waals surface area contributed by atoms with Gasteiger partial charge >= 0.3 is 0 Å². The molecule has 112 valence electrons. The van der Waals surface area contributed by atoms with Gasteiger partial charge in [0.05, 0.1) is 17.7 Å². The van der Waals surface area contributed by atoms with Gasteiger partial charge in [-0.1, -0.05) is 15.9 Å². The molecule has 0 fully saturated rings. The van der Waals surface area contributed by atoms with Crippen LogP contribution in [0.4, 0.5) is 5.69 Å². The molecule has 0 spiro atoms. The number of rotatable bonds is 6. The quantitative estimate of drug-likeness (QED) is 0.779. The van der Waals surface area contributed by atoms with E-state index in [1.165, 1.54) is 39.4 Å². The fourth-order valence-corrected chi connectivity index (χ4v) is 2.74. The van der Waals surface area contributed by atoms with E-state index in [1.54, 1.807) is 0 Å². The van der Waals surface area contributed by atoms with E-state index >= 15 is 0 Å². The van der Waals surface area contributed by atoms with E-state index in [0.29, 0.717) is 16.8 Å². The van der Waals surface area contributed by atoms with Gasteiger partial charge in [0.25, 0.3) is 0 Å². The van der Waals surface area contributed by atoms with Crippen molar-refractivity contribution in [2.24, 2.45) is 0 Å². The Labute approximate surface area is 127 Å². The number of hydrogen-bond acceptors (Lipinski definition) is 4. The molecular weight excluding hydrogens is 348 g/mol. The molecule has 8 heteroatoms. The summed E-state index contributed by atoms with van der Waals surface area (Å²) in [5.41, 5.74) is 0.335. The number of sulfonamides is 1. The molecule has 0 bridgehead atoms. The van der Waals surface area contributed by atoms with E-state index in [9.17, 15) is 13.2 Å². The molecule has 0 radical (unpaired) electrons. The molecule has 6 nitrogen and oxygen atoms in total. The van der Waals surface area contributed by atoms with Crippen LogP contribution >= 0.6 is 15.9 Å². The Kier molecular flexibility index (Phi) is 5.97. The number of carbonyl (C=O) groups excluding carboxylic acids is 1. The summed E-state index contributed by atoms with van der Waals surface area (Å²) in [5.74, 6) is 0.185. The number of nitrogens with one attached hydrogen (secondary N) is 1. The van der Waals surface area contributed by atoms with Gasteiger partial charge in [0.15, 0.2) is 0 Å². The van der Waals surface area contributed by atoms with E-state index in [0.717, 1.165) is 4.31 Å². The minimum absolute atomic E-state index is 0.0949. The van der Waals surface area contributed by atoms with Crippen molar-refractivity contribution < 1.29 is 17.9 Å². The summed E-state index contributed by atoms with van der Waals surface area (Å²) >= 11 is 3.17. The number of methoxy groups -OCH3 is 1. The van der Waals surface area contributed by atoms with Gasteiger partial charge in [-0.15, -0.1) is 0 Å². The predicted octanol–water partition coefficient (Wildman–Crippen LogP) is 1.67. The third kappa shape index (κ3) is 3.94. The first-order valence-corrected chi connectivity index (χ1v) is 8.35. The fourth-order valence-electron chi connectivity index (χ4n) is 1.45. The van der Waals surface area contributed by atoms with Gasteiger partial charge < -0.3 is 10.1 Å². The number of nitrogens with zero attached hydrogens (tertiary/aromatic N) is 1. The van der Waals surface area contributed by atoms with Gasteiger partial charge in [-0.2, -0.15) is 0 Å². The van der Waals surface area contributed by atoms with Gasteiger partial charge in [-0.3, -0.25) is 4.79 Å². The number of ether oxygens (including phenoxy) is 1. The summed E-state index contributed by atoms with van der Waals surface area (Å²) in [7, 11) is 0.793. The number of hydrogen-bond donors (Lipinski definition) is 1. The lowest BCUT2D eigenvalue weighted by Gasteiger charge is -2.15. The number of benzene rings is 1. The predicted molar refractivity (Wildman–Crippen MR) is 80.9 cm³/mol. The third-order valence-electron chi connectivity index (χ3n) is 2.55. The smallest absolute Gasteiger partial charge is 0.242 e. The van der Waals surface area contributed by atoms with Crippen LogP contribution in [0.3, 0.4) is 0 Å². The molecular formula is C12H17BrN2O4S. The van der Waals surface area contributed by atoms with E-state index in [4.69, 9.17) is 4.74 Å². The zero-order valence-electron chi connectivity index (χ0n) is 11.5. The maximum Gasteiger partial charge on any atom is 0.242 e. The standard InChI is InChI=1S/C12H17BrN2O4S/c1-15(2)20(17,18)9-4-5-11(19-3)10(8-9)14-12(16)6-7-13/h4-5,8H,6-7H2,1-3H3,(H,14,16). The van der Waals surface area contributed by atoms with Gasteiger partial charge in [-0.25, -0.2) is 12.7 Å². The minimum atomic E-state index is -3.56. The van der Waals surface area contributed by atoms with Gasteiger partial charge in [0.2, 0.25) is 15.9 Å². The van der Waals surface area contributed by atoms with Crippen LogP contribution in [0.15, 0.2) is 23.1 Å². The lowest BCUT2D eigenvalue weighted by molar-refractivity contribution is -0.115. The van der Waals surface area contributed by atoms with Crippen molar-refractivity contribution in [3.63, 3.8) is 0 Å². The first-order chi connectivity index (χ1) is 9.32. The van der Waals surface area contributed by atoms with Crippen LogP contribution in [0.5, 0.6) is 5.75 Å². The second-order valence-electron chi connectivity index (χ2n) is 4.14. The minimum Gasteiger partial charge on any atom is -0.495 e. The van der Waals surface area contributed by atoms with Crippen LogP contribution in [0, 0.1) is 0 Å². The van der Waals surface area contributed by atoms with E-state index in [1.807, 2.05) is 0 Å². The summed E-state index contributed by atoms with van der Waals surface area (Å²) < 4.78 is 30.3. The van der Waals surface area contributed by atoms with Crippen molar-refractivity contribution in [3.05, 3.63) is 18.2 Å². The van der Waals surface area contributed by atoms with Gasteiger partial charge in [0, 0.05) is 25.8 Å². The first-order valence-electron chi connectivity index (χ1n) is 5.79. The van der Waals surface area contributed by atoms with Crippen LogP contribution in [0.2, 0.25) is 0 Å². The summed E-state index contributed by atoms with van der Waals surface area (Å²) in [6, 6.07) is 4.34. The largest absolute Gasteiger partial charge is 0.495 e. The molecule has 1 aromatic carbocycles. The van der Waals surface area contributed by atoms with Crippen LogP contribution in [0.1, 0.15) is 6.42 Å². The number of carbonyl (C=O) groups is 1. The number of halogens is 1. The van der Waals surface area contributed by atoms with Crippen molar-refractivity contribution in [2.75, 3.05) is 31.9 Å². The molecule has 0 heterocycles. The molecule has 20 heavy (non-hydrogen) atoms. The summed E-state index contributed by atoms with van der Waals surface area (Å²) in [5, 5.41) is 3.16. The van der Waals surface area contributed by atoms with Crippen LogP contribution in [0.25, 0.3) is 0 Å². The molecule has 0 atom stereocenters. The molecule has 1 amide bonds. The van der Waals surface area contributed by atoms with Crippen molar-refractivity contribution in [3.8, 4) is 5.75 Å². The van der Waals surface area contributed by atoms with E-state index < -0.39 is 10.0 Å². The molecule has 0 unspecified atom stereocenters. The highest BCUT2D eigenvalue weighted by atomic mass is 79.9. The van der Waals surface area contributed by atoms with Crippen LogP contribution in [-0.4, -0.2) is 45.2 Å². The van der Waals surface area contributed by atoms with E-state index in [-0.39, 0.29) is 17.2 Å². The van der Waals surface area contributed by atoms with Crippen molar-refractivity contribution in [1.82, 2.24) is 4.31 Å². The Bertz CT molecular complexity index is 587. The van der Waals surface area contributed by atoms with Gasteiger partial charge in [0.1, 0.15) is 5.75 Å². The van der Waals surface area contributed by atoms with Crippen LogP contribution in [-0.2, 0) is 14.8 Å². The molecule has 0 aliphatic rings. The Balaban J connectivity index is 3.19. The average molecular weight is 365 g/mol. The Morgan fingerprint density at radius 2 is 2.05 bits per heavy atom. The SMILES string of the molecule is COc1ccc(S(=O)(=O)N(C)C)cc1NC(=O)CCBr. The van der Waals surface area contributed by atoms with E-state index in [2.05, 4.69) is 21.2 Å². The molecule has 1 N–H and O–H groups in total. The molecule has 0 saturated heterocycles. The Morgan fingerprint density at radius 3 is 2.55 bits per heavy atom. The lowest BCUT2D eigenvalue weighted by atomic mass is 10.3. The molecule has 0 saturated carbocycles. The monoisotopic (exact) mass is 364 g/mol. The first kappa shape index (κ1) is 16.9. The zero-order chi connectivity index (χ0) is 15.3. The number of anilines is 1. The molecule has 0 aromatic heterocycles. The summed E-state index contributed by atoms with van der Waals surface area (Å²) in [4.78, 5) is 11.7. The van der Waals surface area contributed by atoms with Crippen molar-refractivity contribution in [1.29, 1.82) is 0 Å². The molecule has 0 aliphatic carbocycles. The maximum atomic E-state index is 12.1. The van der Waals surface area contributed by atoms with Gasteiger partial charge in [-0.05, 0) is 18.2 Å². The second kappa shape index (κ2) is 7.05. The van der Waals surface area contributed by atoms with Crippen molar-refractivity contribution in [2.45, 2.75) is 11.3 Å².